The van der Waals surface area contributed by atoms with E-state index < -0.39 is 23.9 Å². The molecule has 0 bridgehead atoms. The maximum Gasteiger partial charge on any atom is 0.326 e. The Labute approximate surface area is 163 Å². The molecule has 0 saturated heterocycles. The number of methoxy groups -OCH3 is 1. The number of hydrogen-bond acceptors (Lipinski definition) is 6. The zero-order chi connectivity index (χ0) is 20.7. The van der Waals surface area contributed by atoms with Crippen LogP contribution in [0.5, 0.6) is 5.75 Å². The number of ether oxygens (including phenoxy) is 2. The van der Waals surface area contributed by atoms with Gasteiger partial charge in [-0.15, -0.1) is 0 Å². The van der Waals surface area contributed by atoms with Crippen molar-refractivity contribution in [1.29, 1.82) is 0 Å². The molecule has 0 spiro atoms. The van der Waals surface area contributed by atoms with E-state index >= 15 is 0 Å². The van der Waals surface area contributed by atoms with Crippen LogP contribution in [0.3, 0.4) is 0 Å². The second-order valence-corrected chi connectivity index (χ2v) is 6.29. The van der Waals surface area contributed by atoms with Crippen molar-refractivity contribution in [2.75, 3.05) is 19.0 Å². The Balaban J connectivity index is 1.83. The highest BCUT2D eigenvalue weighted by atomic mass is 16.5. The van der Waals surface area contributed by atoms with E-state index in [1.807, 2.05) is 13.8 Å². The van der Waals surface area contributed by atoms with Crippen LogP contribution in [0.25, 0.3) is 0 Å². The molecule has 9 heteroatoms. The lowest BCUT2D eigenvalue weighted by Gasteiger charge is -2.16. The summed E-state index contributed by atoms with van der Waals surface area (Å²) in [5.74, 6) is -0.629. The van der Waals surface area contributed by atoms with Crippen molar-refractivity contribution >= 4 is 23.6 Å². The molecule has 150 valence electrons. The number of carbonyl (C=O) groups is 3. The van der Waals surface area contributed by atoms with Gasteiger partial charge in [0.1, 0.15) is 18.1 Å². The van der Waals surface area contributed by atoms with Gasteiger partial charge in [0.25, 0.3) is 11.8 Å². The topological polar surface area (TPSA) is 112 Å². The molecule has 0 unspecified atom stereocenters. The monoisotopic (exact) mass is 388 g/mol. The Morgan fingerprint density at radius 3 is 2.61 bits per heavy atom. The first kappa shape index (κ1) is 20.9. The number of amides is 2. The van der Waals surface area contributed by atoms with Crippen molar-refractivity contribution in [3.8, 4) is 5.75 Å². The number of benzene rings is 1. The Morgan fingerprint density at radius 2 is 1.93 bits per heavy atom. The van der Waals surface area contributed by atoms with Crippen molar-refractivity contribution in [2.24, 2.45) is 0 Å². The van der Waals surface area contributed by atoms with E-state index in [0.717, 1.165) is 0 Å². The van der Waals surface area contributed by atoms with Crippen LogP contribution in [-0.2, 0) is 14.3 Å². The molecule has 2 N–H and O–H groups in total. The number of anilines is 1. The second kappa shape index (κ2) is 9.54. The summed E-state index contributed by atoms with van der Waals surface area (Å²) in [7, 11) is 1.49. The van der Waals surface area contributed by atoms with Crippen LogP contribution >= 0.6 is 0 Å². The van der Waals surface area contributed by atoms with Crippen LogP contribution in [0.4, 0.5) is 5.82 Å². The zero-order valence-electron chi connectivity index (χ0n) is 16.3. The number of rotatable bonds is 8. The van der Waals surface area contributed by atoms with Gasteiger partial charge in [-0.25, -0.2) is 4.68 Å². The van der Waals surface area contributed by atoms with Crippen LogP contribution < -0.4 is 15.4 Å². The Hall–Kier alpha value is -3.36. The molecule has 28 heavy (non-hydrogen) atoms. The number of hydrogen-bond donors (Lipinski definition) is 2. The first-order chi connectivity index (χ1) is 13.3. The van der Waals surface area contributed by atoms with Gasteiger partial charge in [0.2, 0.25) is 0 Å². The molecule has 2 rings (SSSR count). The molecule has 0 saturated carbocycles. The standard InChI is InChI=1S/C19H24N4O5/c1-12(2)23-16(8-9-21-23)22-18(25)13(3)28-17(24)11-20-19(26)14-6-5-7-15(10-14)27-4/h5-10,12-13H,11H2,1-4H3,(H,20,26)(H,22,25)/t13-/m1/s1. The van der Waals surface area contributed by atoms with E-state index in [1.165, 1.54) is 14.0 Å². The molecule has 2 amide bonds. The third kappa shape index (κ3) is 5.57. The quantitative estimate of drug-likeness (QED) is 0.667. The molecule has 2 aromatic rings. The van der Waals surface area contributed by atoms with Gasteiger partial charge >= 0.3 is 5.97 Å². The second-order valence-electron chi connectivity index (χ2n) is 6.29. The van der Waals surface area contributed by atoms with Crippen LogP contribution in [0.2, 0.25) is 0 Å². The lowest BCUT2D eigenvalue weighted by molar-refractivity contribution is -0.152. The predicted octanol–water partition coefficient (Wildman–Crippen LogP) is 1.77. The van der Waals surface area contributed by atoms with Crippen molar-refractivity contribution in [1.82, 2.24) is 15.1 Å². The van der Waals surface area contributed by atoms with Gasteiger partial charge in [-0.1, -0.05) is 6.07 Å². The van der Waals surface area contributed by atoms with Gasteiger partial charge in [0.15, 0.2) is 6.10 Å². The third-order valence-electron chi connectivity index (χ3n) is 3.81. The first-order valence-corrected chi connectivity index (χ1v) is 8.78. The highest BCUT2D eigenvalue weighted by molar-refractivity contribution is 5.97. The molecule has 1 atom stereocenters. The largest absolute Gasteiger partial charge is 0.497 e. The summed E-state index contributed by atoms with van der Waals surface area (Å²) in [6.07, 6.45) is 0.539. The SMILES string of the molecule is COc1cccc(C(=O)NCC(=O)O[C@H](C)C(=O)Nc2ccnn2C(C)C)c1. The fourth-order valence-electron chi connectivity index (χ4n) is 2.36. The minimum Gasteiger partial charge on any atom is -0.497 e. The Morgan fingerprint density at radius 1 is 1.18 bits per heavy atom. The molecular weight excluding hydrogens is 364 g/mol. The average Bonchev–Trinajstić information content (AvgIpc) is 3.14. The lowest BCUT2D eigenvalue weighted by Crippen LogP contribution is -2.36. The average molecular weight is 388 g/mol. The first-order valence-electron chi connectivity index (χ1n) is 8.78. The van der Waals surface area contributed by atoms with Gasteiger partial charge in [0, 0.05) is 17.7 Å². The maximum absolute atomic E-state index is 12.2. The summed E-state index contributed by atoms with van der Waals surface area (Å²) in [4.78, 5) is 36.2. The smallest absolute Gasteiger partial charge is 0.326 e. The fraction of sp³-hybridized carbons (Fsp3) is 0.368. The minimum absolute atomic E-state index is 0.0648. The third-order valence-corrected chi connectivity index (χ3v) is 3.81. The van der Waals surface area contributed by atoms with Crippen molar-refractivity contribution in [3.63, 3.8) is 0 Å². The van der Waals surface area contributed by atoms with E-state index in [-0.39, 0.29) is 12.6 Å². The van der Waals surface area contributed by atoms with Crippen LogP contribution in [0, 0.1) is 0 Å². The molecule has 1 heterocycles. The summed E-state index contributed by atoms with van der Waals surface area (Å²) in [5, 5.41) is 9.23. The van der Waals surface area contributed by atoms with E-state index in [2.05, 4.69) is 15.7 Å². The summed E-state index contributed by atoms with van der Waals surface area (Å²) in [6, 6.07) is 8.23. The molecule has 0 radical (unpaired) electrons. The fourth-order valence-corrected chi connectivity index (χ4v) is 2.36. The van der Waals surface area contributed by atoms with Crippen LogP contribution in [-0.4, -0.2) is 47.3 Å². The van der Waals surface area contributed by atoms with Gasteiger partial charge in [-0.05, 0) is 39.0 Å². The van der Waals surface area contributed by atoms with E-state index in [1.54, 1.807) is 41.2 Å². The number of esters is 1. The Kier molecular flexibility index (Phi) is 7.14. The zero-order valence-corrected chi connectivity index (χ0v) is 16.3. The van der Waals surface area contributed by atoms with E-state index in [9.17, 15) is 14.4 Å². The van der Waals surface area contributed by atoms with Gasteiger partial charge in [-0.2, -0.15) is 5.10 Å². The maximum atomic E-state index is 12.2. The lowest BCUT2D eigenvalue weighted by atomic mass is 10.2. The normalized spacial score (nSPS) is 11.6. The summed E-state index contributed by atoms with van der Waals surface area (Å²) >= 11 is 0. The predicted molar refractivity (Wildman–Crippen MR) is 102 cm³/mol. The van der Waals surface area contributed by atoms with Crippen molar-refractivity contribution < 1.29 is 23.9 Å². The van der Waals surface area contributed by atoms with Crippen molar-refractivity contribution in [2.45, 2.75) is 32.9 Å². The molecule has 9 nitrogen and oxygen atoms in total. The van der Waals surface area contributed by atoms with Gasteiger partial charge in [0.05, 0.1) is 13.3 Å². The van der Waals surface area contributed by atoms with Crippen LogP contribution in [0.1, 0.15) is 37.2 Å². The number of nitrogens with one attached hydrogen (secondary N) is 2. The highest BCUT2D eigenvalue weighted by Crippen LogP contribution is 2.14. The number of aromatic nitrogens is 2. The summed E-state index contributed by atoms with van der Waals surface area (Å²) < 4.78 is 11.8. The molecular formula is C19H24N4O5. The summed E-state index contributed by atoms with van der Waals surface area (Å²) in [5.41, 5.74) is 0.347. The summed E-state index contributed by atoms with van der Waals surface area (Å²) in [6.45, 7) is 4.94. The highest BCUT2D eigenvalue weighted by Gasteiger charge is 2.20. The van der Waals surface area contributed by atoms with Gasteiger partial charge in [-0.3, -0.25) is 14.4 Å². The number of nitrogens with zero attached hydrogens (tertiary/aromatic N) is 2. The molecule has 0 aliphatic rings. The van der Waals surface area contributed by atoms with Gasteiger partial charge < -0.3 is 20.1 Å². The van der Waals surface area contributed by atoms with Crippen molar-refractivity contribution in [3.05, 3.63) is 42.1 Å². The Bertz CT molecular complexity index is 846. The molecule has 1 aromatic heterocycles. The number of carbonyl (C=O) groups excluding carboxylic acids is 3. The molecule has 0 aliphatic heterocycles. The van der Waals surface area contributed by atoms with E-state index in [4.69, 9.17) is 9.47 Å². The molecule has 1 aromatic carbocycles. The minimum atomic E-state index is -1.03. The molecule has 0 fully saturated rings. The molecule has 0 aliphatic carbocycles. The van der Waals surface area contributed by atoms with E-state index in [0.29, 0.717) is 17.1 Å². The van der Waals surface area contributed by atoms with Crippen LogP contribution in [0.15, 0.2) is 36.5 Å².